The molecule has 3 rings (SSSR count). The van der Waals surface area contributed by atoms with Gasteiger partial charge in [0.25, 0.3) is 5.91 Å². The summed E-state index contributed by atoms with van der Waals surface area (Å²) in [6.07, 6.45) is 1.43. The van der Waals surface area contributed by atoms with Gasteiger partial charge in [-0.1, -0.05) is 19.0 Å². The highest BCUT2D eigenvalue weighted by molar-refractivity contribution is 5.98. The lowest BCUT2D eigenvalue weighted by molar-refractivity contribution is 0.0995. The van der Waals surface area contributed by atoms with Crippen LogP contribution in [0.2, 0.25) is 0 Å². The number of carbonyl (C=O) groups excluding carboxylic acids is 2. The molecule has 0 aliphatic carbocycles. The zero-order chi connectivity index (χ0) is 20.1. The average Bonchev–Trinajstić information content (AvgIpc) is 3.12. The highest BCUT2D eigenvalue weighted by atomic mass is 16.5. The molecule has 0 spiro atoms. The van der Waals surface area contributed by atoms with E-state index in [1.165, 1.54) is 12.3 Å². The maximum Gasteiger partial charge on any atom is 0.326 e. The lowest BCUT2D eigenvalue weighted by Crippen LogP contribution is -2.18. The summed E-state index contributed by atoms with van der Waals surface area (Å²) in [4.78, 5) is 27.1. The molecule has 2 heterocycles. The molecule has 3 aromatic rings. The SMILES string of the molecule is CC(C)c1cc(NC(=O)Nc2ccc(Oc3ccnc(C(N)=O)c3)cc2)on1. The number of anilines is 2. The van der Waals surface area contributed by atoms with Gasteiger partial charge in [-0.05, 0) is 36.2 Å². The number of urea groups is 1. The fraction of sp³-hybridized carbons (Fsp3) is 0.158. The van der Waals surface area contributed by atoms with E-state index < -0.39 is 11.9 Å². The summed E-state index contributed by atoms with van der Waals surface area (Å²) < 4.78 is 10.7. The Morgan fingerprint density at radius 2 is 1.82 bits per heavy atom. The smallest absolute Gasteiger partial charge is 0.326 e. The van der Waals surface area contributed by atoms with Gasteiger partial charge in [0.05, 0.1) is 5.69 Å². The minimum atomic E-state index is -0.636. The Labute approximate surface area is 160 Å². The number of nitrogens with two attached hydrogens (primary N) is 1. The third kappa shape index (κ3) is 4.85. The van der Waals surface area contributed by atoms with Gasteiger partial charge >= 0.3 is 6.03 Å². The predicted molar refractivity (Wildman–Crippen MR) is 103 cm³/mol. The third-order valence-electron chi connectivity index (χ3n) is 3.69. The molecule has 144 valence electrons. The van der Waals surface area contributed by atoms with Crippen molar-refractivity contribution in [2.24, 2.45) is 5.73 Å². The quantitative estimate of drug-likeness (QED) is 0.596. The average molecular weight is 381 g/mol. The zero-order valence-electron chi connectivity index (χ0n) is 15.3. The van der Waals surface area contributed by atoms with E-state index in [9.17, 15) is 9.59 Å². The second-order valence-corrected chi connectivity index (χ2v) is 6.22. The van der Waals surface area contributed by atoms with E-state index in [0.717, 1.165) is 5.69 Å². The Kier molecular flexibility index (Phi) is 5.54. The van der Waals surface area contributed by atoms with Crippen molar-refractivity contribution in [1.82, 2.24) is 10.1 Å². The Morgan fingerprint density at radius 1 is 1.07 bits per heavy atom. The lowest BCUT2D eigenvalue weighted by Gasteiger charge is -2.08. The van der Waals surface area contributed by atoms with Crippen molar-refractivity contribution >= 4 is 23.5 Å². The molecule has 0 aliphatic heterocycles. The number of hydrogen-bond donors (Lipinski definition) is 3. The molecule has 1 aromatic carbocycles. The van der Waals surface area contributed by atoms with Gasteiger partial charge in [-0.3, -0.25) is 15.1 Å². The Hall–Kier alpha value is -3.88. The molecule has 0 aliphatic rings. The molecule has 2 aromatic heterocycles. The minimum absolute atomic E-state index is 0.112. The molecule has 0 unspecified atom stereocenters. The number of aromatic nitrogens is 2. The second-order valence-electron chi connectivity index (χ2n) is 6.22. The summed E-state index contributed by atoms with van der Waals surface area (Å²) in [6.45, 7) is 3.96. The molecule has 3 amide bonds. The lowest BCUT2D eigenvalue weighted by atomic mass is 10.1. The molecule has 9 nitrogen and oxygen atoms in total. The van der Waals surface area contributed by atoms with Crippen molar-refractivity contribution in [2.45, 2.75) is 19.8 Å². The van der Waals surface area contributed by atoms with Gasteiger partial charge in [0.2, 0.25) is 5.88 Å². The van der Waals surface area contributed by atoms with Crippen LogP contribution in [0.1, 0.15) is 35.9 Å². The first kappa shape index (κ1) is 18.9. The van der Waals surface area contributed by atoms with Crippen LogP contribution in [0.4, 0.5) is 16.4 Å². The summed E-state index contributed by atoms with van der Waals surface area (Å²) in [5.74, 6) is 0.777. The molecule has 0 atom stereocenters. The number of pyridine rings is 1. The minimum Gasteiger partial charge on any atom is -0.457 e. The van der Waals surface area contributed by atoms with Crippen molar-refractivity contribution in [3.63, 3.8) is 0 Å². The van der Waals surface area contributed by atoms with Crippen LogP contribution < -0.4 is 21.1 Å². The van der Waals surface area contributed by atoms with Crippen LogP contribution in [0.5, 0.6) is 11.5 Å². The van der Waals surface area contributed by atoms with Gasteiger partial charge < -0.3 is 20.3 Å². The maximum absolute atomic E-state index is 12.0. The highest BCUT2D eigenvalue weighted by Gasteiger charge is 2.11. The van der Waals surface area contributed by atoms with Crippen LogP contribution in [0, 0.1) is 0 Å². The second kappa shape index (κ2) is 8.21. The van der Waals surface area contributed by atoms with Crippen LogP contribution in [0.15, 0.2) is 53.2 Å². The Balaban J connectivity index is 1.58. The van der Waals surface area contributed by atoms with E-state index in [0.29, 0.717) is 17.2 Å². The third-order valence-corrected chi connectivity index (χ3v) is 3.69. The van der Waals surface area contributed by atoms with Gasteiger partial charge in [-0.15, -0.1) is 0 Å². The van der Waals surface area contributed by atoms with E-state index in [4.69, 9.17) is 15.0 Å². The van der Waals surface area contributed by atoms with Crippen molar-refractivity contribution in [2.75, 3.05) is 10.6 Å². The molecular weight excluding hydrogens is 362 g/mol. The number of nitrogens with one attached hydrogen (secondary N) is 2. The monoisotopic (exact) mass is 381 g/mol. The summed E-state index contributed by atoms with van der Waals surface area (Å²) in [6, 6.07) is 11.0. The van der Waals surface area contributed by atoms with Gasteiger partial charge in [-0.25, -0.2) is 4.79 Å². The molecule has 9 heteroatoms. The molecular formula is C19H19N5O4. The number of nitrogens with zero attached hydrogens (tertiary/aromatic N) is 2. The largest absolute Gasteiger partial charge is 0.457 e. The zero-order valence-corrected chi connectivity index (χ0v) is 15.3. The molecule has 4 N–H and O–H groups in total. The molecule has 0 radical (unpaired) electrons. The van der Waals surface area contributed by atoms with E-state index >= 15 is 0 Å². The van der Waals surface area contributed by atoms with Crippen LogP contribution in [-0.2, 0) is 0 Å². The fourth-order valence-electron chi connectivity index (χ4n) is 2.25. The van der Waals surface area contributed by atoms with Gasteiger partial charge in [0.1, 0.15) is 17.2 Å². The molecule has 28 heavy (non-hydrogen) atoms. The summed E-state index contributed by atoms with van der Waals surface area (Å²) >= 11 is 0. The van der Waals surface area contributed by atoms with Crippen LogP contribution >= 0.6 is 0 Å². The van der Waals surface area contributed by atoms with Crippen molar-refractivity contribution in [3.05, 3.63) is 60.0 Å². The van der Waals surface area contributed by atoms with E-state index in [2.05, 4.69) is 20.8 Å². The number of hydrogen-bond acceptors (Lipinski definition) is 6. The summed E-state index contributed by atoms with van der Waals surface area (Å²) in [5.41, 5.74) is 6.62. The van der Waals surface area contributed by atoms with Gasteiger partial charge in [0, 0.05) is 24.0 Å². The number of ether oxygens (including phenoxy) is 1. The fourth-order valence-corrected chi connectivity index (χ4v) is 2.25. The number of amides is 3. The van der Waals surface area contributed by atoms with E-state index in [1.54, 1.807) is 36.4 Å². The maximum atomic E-state index is 12.0. The summed E-state index contributed by atoms with van der Waals surface area (Å²) in [5, 5.41) is 9.13. The standard InChI is InChI=1S/C19H19N5O4/c1-11(2)15-10-17(28-24-15)23-19(26)22-12-3-5-13(6-4-12)27-14-7-8-21-16(9-14)18(20)25/h3-11H,1-2H3,(H2,20,25)(H2,22,23,26). The van der Waals surface area contributed by atoms with Crippen molar-refractivity contribution in [3.8, 4) is 11.5 Å². The first-order valence-electron chi connectivity index (χ1n) is 8.49. The van der Waals surface area contributed by atoms with Crippen molar-refractivity contribution < 1.29 is 18.8 Å². The van der Waals surface area contributed by atoms with Crippen molar-refractivity contribution in [1.29, 1.82) is 0 Å². The first-order valence-corrected chi connectivity index (χ1v) is 8.49. The molecule has 0 saturated carbocycles. The van der Waals surface area contributed by atoms with E-state index in [1.807, 2.05) is 13.8 Å². The number of primary amides is 1. The molecule has 0 bridgehead atoms. The van der Waals surface area contributed by atoms with Gasteiger partial charge in [-0.2, -0.15) is 0 Å². The van der Waals surface area contributed by atoms with Gasteiger partial charge in [0.15, 0.2) is 0 Å². The summed E-state index contributed by atoms with van der Waals surface area (Å²) in [7, 11) is 0. The number of benzene rings is 1. The first-order chi connectivity index (χ1) is 13.4. The number of rotatable bonds is 6. The Morgan fingerprint density at radius 3 is 2.46 bits per heavy atom. The highest BCUT2D eigenvalue weighted by Crippen LogP contribution is 2.23. The number of carbonyl (C=O) groups is 2. The van der Waals surface area contributed by atoms with Crippen LogP contribution in [0.25, 0.3) is 0 Å². The molecule has 0 saturated heterocycles. The van der Waals surface area contributed by atoms with E-state index in [-0.39, 0.29) is 17.5 Å². The normalized spacial score (nSPS) is 10.5. The van der Waals surface area contributed by atoms with Crippen LogP contribution in [0.3, 0.4) is 0 Å². The Bertz CT molecular complexity index is 982. The topological polar surface area (TPSA) is 132 Å². The molecule has 0 fully saturated rings. The predicted octanol–water partition coefficient (Wildman–Crippen LogP) is 3.73. The van der Waals surface area contributed by atoms with Crippen LogP contribution in [-0.4, -0.2) is 22.1 Å².